The van der Waals surface area contributed by atoms with E-state index >= 15 is 0 Å². The first-order valence-corrected chi connectivity index (χ1v) is 10.6. The molecule has 2 aliphatic rings. The molecule has 1 aromatic rings. The molecule has 0 saturated heterocycles. The predicted octanol–water partition coefficient (Wildman–Crippen LogP) is 3.22. The Morgan fingerprint density at radius 1 is 0.962 bits per heavy atom. The van der Waals surface area contributed by atoms with Gasteiger partial charge in [0, 0.05) is 27.9 Å². The van der Waals surface area contributed by atoms with Crippen molar-refractivity contribution in [1.82, 2.24) is 20.9 Å². The van der Waals surface area contributed by atoms with Gasteiger partial charge in [0.15, 0.2) is 0 Å². The van der Waals surface area contributed by atoms with E-state index in [1.807, 2.05) is 6.07 Å². The Morgan fingerprint density at radius 3 is 2.15 bits per heavy atom. The molecule has 6 nitrogen and oxygen atoms in total. The van der Waals surface area contributed by atoms with Crippen molar-refractivity contribution in [2.75, 3.05) is 0 Å². The summed E-state index contributed by atoms with van der Waals surface area (Å²) >= 11 is 2.17. The Bertz CT molecular complexity index is 629. The maximum absolute atomic E-state index is 12.2. The van der Waals surface area contributed by atoms with Gasteiger partial charge in [-0.2, -0.15) is 0 Å². The van der Waals surface area contributed by atoms with Gasteiger partial charge in [-0.25, -0.2) is 9.78 Å². The zero-order valence-corrected chi connectivity index (χ0v) is 17.3. The number of carbonyl (C=O) groups excluding carboxylic acids is 2. The fourth-order valence-corrected chi connectivity index (χ4v) is 4.22. The SMILES string of the molecule is CC1CCC(NC(=O)NC2CCC(NC(=O)c3ccc(I)cn3)CC2)C1. The number of carbonyl (C=O) groups is 2. The average molecular weight is 470 g/mol. The molecule has 2 atom stereocenters. The number of nitrogens with zero attached hydrogens (tertiary/aromatic N) is 1. The number of hydrogen-bond acceptors (Lipinski definition) is 3. The molecule has 3 rings (SSSR count). The first-order valence-electron chi connectivity index (χ1n) is 9.49. The van der Waals surface area contributed by atoms with Crippen LogP contribution >= 0.6 is 22.6 Å². The van der Waals surface area contributed by atoms with Gasteiger partial charge in [0.1, 0.15) is 5.69 Å². The third-order valence-corrected chi connectivity index (χ3v) is 6.03. The van der Waals surface area contributed by atoms with Crippen LogP contribution in [0.15, 0.2) is 18.3 Å². The fourth-order valence-electron chi connectivity index (χ4n) is 3.90. The van der Waals surface area contributed by atoms with Crippen LogP contribution in [0.25, 0.3) is 0 Å². The highest BCUT2D eigenvalue weighted by Gasteiger charge is 2.26. The van der Waals surface area contributed by atoms with E-state index in [9.17, 15) is 9.59 Å². The Balaban J connectivity index is 1.38. The lowest BCUT2D eigenvalue weighted by Crippen LogP contribution is -2.48. The maximum Gasteiger partial charge on any atom is 0.315 e. The third kappa shape index (κ3) is 5.56. The molecule has 0 spiro atoms. The van der Waals surface area contributed by atoms with Gasteiger partial charge in [-0.05, 0) is 85.6 Å². The number of rotatable bonds is 4. The van der Waals surface area contributed by atoms with E-state index < -0.39 is 0 Å². The Hall–Kier alpha value is -1.38. The lowest BCUT2D eigenvalue weighted by atomic mass is 9.91. The van der Waals surface area contributed by atoms with Crippen molar-refractivity contribution >= 4 is 34.5 Å². The highest BCUT2D eigenvalue weighted by atomic mass is 127. The molecule has 0 aliphatic heterocycles. The number of pyridine rings is 1. The average Bonchev–Trinajstić information content (AvgIpc) is 3.02. The van der Waals surface area contributed by atoms with Crippen LogP contribution in [0.3, 0.4) is 0 Å². The van der Waals surface area contributed by atoms with Crippen LogP contribution in [0.1, 0.15) is 62.4 Å². The van der Waals surface area contributed by atoms with Crippen molar-refractivity contribution in [3.05, 3.63) is 27.6 Å². The maximum atomic E-state index is 12.2. The summed E-state index contributed by atoms with van der Waals surface area (Å²) in [6.45, 7) is 2.24. The van der Waals surface area contributed by atoms with Gasteiger partial charge in [0.2, 0.25) is 0 Å². The van der Waals surface area contributed by atoms with Crippen molar-refractivity contribution in [1.29, 1.82) is 0 Å². The third-order valence-electron chi connectivity index (χ3n) is 5.39. The minimum atomic E-state index is -0.120. The number of hydrogen-bond donors (Lipinski definition) is 3. The zero-order valence-electron chi connectivity index (χ0n) is 15.1. The van der Waals surface area contributed by atoms with Crippen LogP contribution in [0.5, 0.6) is 0 Å². The van der Waals surface area contributed by atoms with Crippen LogP contribution in [0.4, 0.5) is 4.79 Å². The largest absolute Gasteiger partial charge is 0.348 e. The second-order valence-corrected chi connectivity index (χ2v) is 8.86. The zero-order chi connectivity index (χ0) is 18.5. The molecule has 26 heavy (non-hydrogen) atoms. The van der Waals surface area contributed by atoms with Gasteiger partial charge >= 0.3 is 6.03 Å². The van der Waals surface area contributed by atoms with E-state index in [0.717, 1.165) is 42.1 Å². The van der Waals surface area contributed by atoms with E-state index in [1.54, 1.807) is 12.3 Å². The van der Waals surface area contributed by atoms with Gasteiger partial charge in [-0.3, -0.25) is 4.79 Å². The topological polar surface area (TPSA) is 83.1 Å². The molecule has 0 radical (unpaired) electrons. The Morgan fingerprint density at radius 2 is 1.58 bits per heavy atom. The molecule has 3 N–H and O–H groups in total. The lowest BCUT2D eigenvalue weighted by Gasteiger charge is -2.30. The monoisotopic (exact) mass is 470 g/mol. The molecule has 0 aromatic carbocycles. The van der Waals surface area contributed by atoms with Crippen LogP contribution in [0.2, 0.25) is 0 Å². The summed E-state index contributed by atoms with van der Waals surface area (Å²) in [5, 5.41) is 9.25. The van der Waals surface area contributed by atoms with Crippen molar-refractivity contribution in [3.8, 4) is 0 Å². The van der Waals surface area contributed by atoms with Gasteiger partial charge in [-0.1, -0.05) is 6.92 Å². The summed E-state index contributed by atoms with van der Waals surface area (Å²) in [6, 6.07) is 4.26. The molecule has 2 unspecified atom stereocenters. The second-order valence-electron chi connectivity index (χ2n) is 7.62. The van der Waals surface area contributed by atoms with Crippen LogP contribution < -0.4 is 16.0 Å². The van der Waals surface area contributed by atoms with E-state index in [-0.39, 0.29) is 24.0 Å². The Labute approximate surface area is 168 Å². The van der Waals surface area contributed by atoms with E-state index in [0.29, 0.717) is 17.7 Å². The molecule has 2 fully saturated rings. The molecule has 0 bridgehead atoms. The fraction of sp³-hybridized carbons (Fsp3) is 0.632. The first-order chi connectivity index (χ1) is 12.5. The van der Waals surface area contributed by atoms with Gasteiger partial charge in [-0.15, -0.1) is 0 Å². The van der Waals surface area contributed by atoms with Crippen LogP contribution in [0, 0.1) is 9.49 Å². The summed E-state index contributed by atoms with van der Waals surface area (Å²) in [5.74, 6) is 0.591. The normalized spacial score (nSPS) is 28.4. The van der Waals surface area contributed by atoms with Crippen molar-refractivity contribution < 1.29 is 9.59 Å². The van der Waals surface area contributed by atoms with Crippen molar-refractivity contribution in [3.63, 3.8) is 0 Å². The minimum absolute atomic E-state index is 0.0420. The number of halogens is 1. The molecule has 1 aromatic heterocycles. The molecule has 1 heterocycles. The molecular weight excluding hydrogens is 443 g/mol. The van der Waals surface area contributed by atoms with E-state index in [1.165, 1.54) is 6.42 Å². The number of amides is 3. The summed E-state index contributed by atoms with van der Waals surface area (Å²) in [5.41, 5.74) is 0.454. The highest BCUT2D eigenvalue weighted by Crippen LogP contribution is 2.24. The van der Waals surface area contributed by atoms with Crippen molar-refractivity contribution in [2.24, 2.45) is 5.92 Å². The molecular formula is C19H27IN4O2. The molecule has 142 valence electrons. The van der Waals surface area contributed by atoms with E-state index in [4.69, 9.17) is 0 Å². The molecule has 2 aliphatic carbocycles. The first kappa shape index (κ1) is 19.4. The minimum Gasteiger partial charge on any atom is -0.348 e. The number of nitrogens with one attached hydrogen (secondary N) is 3. The highest BCUT2D eigenvalue weighted by molar-refractivity contribution is 14.1. The summed E-state index contributed by atoms with van der Waals surface area (Å²) in [7, 11) is 0. The summed E-state index contributed by atoms with van der Waals surface area (Å²) in [4.78, 5) is 28.6. The quantitative estimate of drug-likeness (QED) is 0.592. The predicted molar refractivity (Wildman–Crippen MR) is 109 cm³/mol. The van der Waals surface area contributed by atoms with Gasteiger partial charge in [0.25, 0.3) is 5.91 Å². The Kier molecular flexibility index (Phi) is 6.72. The molecule has 2 saturated carbocycles. The smallest absolute Gasteiger partial charge is 0.315 e. The summed E-state index contributed by atoms with van der Waals surface area (Å²) < 4.78 is 1.01. The lowest BCUT2D eigenvalue weighted by molar-refractivity contribution is 0.0919. The standard InChI is InChI=1S/C19H27IN4O2/c1-12-2-4-16(10-12)24-19(26)23-15-7-5-14(6-8-15)22-18(25)17-9-3-13(20)11-21-17/h3,9,11-12,14-16H,2,4-8,10H2,1H3,(H,22,25)(H2,23,24,26). The van der Waals surface area contributed by atoms with Gasteiger partial charge < -0.3 is 16.0 Å². The number of urea groups is 1. The molecule has 7 heteroatoms. The molecule has 3 amide bonds. The van der Waals surface area contributed by atoms with Crippen molar-refractivity contribution in [2.45, 2.75) is 70.0 Å². The summed E-state index contributed by atoms with van der Waals surface area (Å²) in [6.07, 6.45) is 8.59. The van der Waals surface area contributed by atoms with Gasteiger partial charge in [0.05, 0.1) is 0 Å². The van der Waals surface area contributed by atoms with E-state index in [2.05, 4.69) is 50.4 Å². The number of aromatic nitrogens is 1. The second kappa shape index (κ2) is 9.01. The van der Waals surface area contributed by atoms with Crippen LogP contribution in [-0.4, -0.2) is 35.0 Å². The van der Waals surface area contributed by atoms with Crippen LogP contribution in [-0.2, 0) is 0 Å².